The van der Waals surface area contributed by atoms with Gasteiger partial charge in [0.25, 0.3) is 0 Å². The van der Waals surface area contributed by atoms with E-state index >= 15 is 0 Å². The van der Waals surface area contributed by atoms with Crippen LogP contribution in [0.15, 0.2) is 24.3 Å². The highest BCUT2D eigenvalue weighted by Crippen LogP contribution is 2.25. The Kier molecular flexibility index (Phi) is 8.79. The number of amides is 2. The Hall–Kier alpha value is -1.88. The Balaban J connectivity index is 1.74. The summed E-state index contributed by atoms with van der Waals surface area (Å²) in [5, 5.41) is 5.70. The van der Waals surface area contributed by atoms with Crippen molar-refractivity contribution in [2.45, 2.75) is 71.5 Å². The highest BCUT2D eigenvalue weighted by Gasteiger charge is 2.17. The summed E-state index contributed by atoms with van der Waals surface area (Å²) in [6.07, 6.45) is 6.57. The van der Waals surface area contributed by atoms with Crippen LogP contribution in [0.3, 0.4) is 0 Å². The minimum atomic E-state index is -0.140. The van der Waals surface area contributed by atoms with E-state index in [0.717, 1.165) is 24.9 Å². The molecule has 5 heteroatoms. The van der Waals surface area contributed by atoms with Crippen molar-refractivity contribution in [1.82, 2.24) is 15.5 Å². The average molecular weight is 374 g/mol. The largest absolute Gasteiger partial charge is 0.350 e. The predicted octanol–water partition coefficient (Wildman–Crippen LogP) is 3.23. The van der Waals surface area contributed by atoms with Gasteiger partial charge in [0, 0.05) is 25.6 Å². The third-order valence-corrected chi connectivity index (χ3v) is 5.54. The minimum Gasteiger partial charge on any atom is -0.350 e. The molecule has 0 saturated heterocycles. The molecule has 150 valence electrons. The van der Waals surface area contributed by atoms with Gasteiger partial charge >= 0.3 is 0 Å². The number of nitrogens with zero attached hydrogens (tertiary/aromatic N) is 1. The highest BCUT2D eigenvalue weighted by molar-refractivity contribution is 5.84. The summed E-state index contributed by atoms with van der Waals surface area (Å²) in [6, 6.07) is 8.64. The van der Waals surface area contributed by atoms with Gasteiger partial charge in [0.2, 0.25) is 11.8 Å². The lowest BCUT2D eigenvalue weighted by Crippen LogP contribution is -2.37. The SMILES string of the molecule is CC(C)N(C)Cc1ccccc1CNC(=O)CNC(=O)CC1CCCCC1. The van der Waals surface area contributed by atoms with Gasteiger partial charge in [-0.3, -0.25) is 14.5 Å². The summed E-state index contributed by atoms with van der Waals surface area (Å²) in [5.41, 5.74) is 2.34. The van der Waals surface area contributed by atoms with Crippen molar-refractivity contribution in [3.05, 3.63) is 35.4 Å². The second-order valence-corrected chi connectivity index (χ2v) is 8.04. The molecular formula is C22H35N3O2. The molecule has 1 aromatic rings. The van der Waals surface area contributed by atoms with Crippen LogP contribution in [-0.4, -0.2) is 36.3 Å². The first-order valence-corrected chi connectivity index (χ1v) is 10.3. The van der Waals surface area contributed by atoms with E-state index in [1.165, 1.54) is 24.8 Å². The second-order valence-electron chi connectivity index (χ2n) is 8.04. The normalized spacial score (nSPS) is 15.1. The van der Waals surface area contributed by atoms with Gasteiger partial charge in [-0.1, -0.05) is 43.5 Å². The molecule has 2 N–H and O–H groups in total. The van der Waals surface area contributed by atoms with Gasteiger partial charge < -0.3 is 10.6 Å². The lowest BCUT2D eigenvalue weighted by Gasteiger charge is -2.22. The predicted molar refractivity (Wildman–Crippen MR) is 109 cm³/mol. The molecular weight excluding hydrogens is 338 g/mol. The molecule has 0 atom stereocenters. The number of hydrogen-bond acceptors (Lipinski definition) is 3. The first-order valence-electron chi connectivity index (χ1n) is 10.3. The second kappa shape index (κ2) is 11.1. The summed E-state index contributed by atoms with van der Waals surface area (Å²) >= 11 is 0. The molecule has 0 spiro atoms. The lowest BCUT2D eigenvalue weighted by molar-refractivity contribution is -0.126. The van der Waals surface area contributed by atoms with E-state index in [4.69, 9.17) is 0 Å². The van der Waals surface area contributed by atoms with Gasteiger partial charge in [-0.15, -0.1) is 0 Å². The minimum absolute atomic E-state index is 0.00370. The lowest BCUT2D eigenvalue weighted by atomic mass is 9.87. The highest BCUT2D eigenvalue weighted by atomic mass is 16.2. The number of benzene rings is 1. The van der Waals surface area contributed by atoms with Crippen LogP contribution in [-0.2, 0) is 22.7 Å². The van der Waals surface area contributed by atoms with Crippen LogP contribution >= 0.6 is 0 Å². The van der Waals surface area contributed by atoms with Crippen LogP contribution < -0.4 is 10.6 Å². The monoisotopic (exact) mass is 373 g/mol. The molecule has 1 aromatic carbocycles. The molecule has 5 nitrogen and oxygen atoms in total. The van der Waals surface area contributed by atoms with Crippen molar-refractivity contribution in [2.75, 3.05) is 13.6 Å². The van der Waals surface area contributed by atoms with Crippen LogP contribution in [0.4, 0.5) is 0 Å². The maximum absolute atomic E-state index is 12.1. The van der Waals surface area contributed by atoms with E-state index in [0.29, 0.717) is 24.9 Å². The van der Waals surface area contributed by atoms with Gasteiger partial charge in [0.15, 0.2) is 0 Å². The molecule has 0 unspecified atom stereocenters. The zero-order valence-corrected chi connectivity index (χ0v) is 17.1. The smallest absolute Gasteiger partial charge is 0.239 e. The first kappa shape index (κ1) is 21.4. The summed E-state index contributed by atoms with van der Waals surface area (Å²) < 4.78 is 0. The Morgan fingerprint density at radius 1 is 1.04 bits per heavy atom. The molecule has 2 amide bonds. The van der Waals surface area contributed by atoms with Crippen molar-refractivity contribution >= 4 is 11.8 Å². The molecule has 0 aliphatic heterocycles. The van der Waals surface area contributed by atoms with Crippen LogP contribution in [0.1, 0.15) is 63.5 Å². The summed E-state index contributed by atoms with van der Waals surface area (Å²) in [7, 11) is 2.10. The average Bonchev–Trinajstić information content (AvgIpc) is 2.66. The van der Waals surface area contributed by atoms with Crippen molar-refractivity contribution in [2.24, 2.45) is 5.92 Å². The molecule has 1 saturated carbocycles. The first-order chi connectivity index (χ1) is 13.0. The molecule has 27 heavy (non-hydrogen) atoms. The molecule has 1 aliphatic carbocycles. The van der Waals surface area contributed by atoms with E-state index < -0.39 is 0 Å². The van der Waals surface area contributed by atoms with Crippen molar-refractivity contribution in [3.63, 3.8) is 0 Å². The number of carbonyl (C=O) groups excluding carboxylic acids is 2. The van der Waals surface area contributed by atoms with Gasteiger partial charge in [0.1, 0.15) is 0 Å². The summed E-state index contributed by atoms with van der Waals surface area (Å²) in [6.45, 7) is 5.72. The van der Waals surface area contributed by atoms with Crippen molar-refractivity contribution in [3.8, 4) is 0 Å². The van der Waals surface area contributed by atoms with Gasteiger partial charge in [0.05, 0.1) is 6.54 Å². The number of carbonyl (C=O) groups is 2. The van der Waals surface area contributed by atoms with Gasteiger partial charge in [-0.2, -0.15) is 0 Å². The van der Waals surface area contributed by atoms with E-state index in [1.807, 2.05) is 18.2 Å². The topological polar surface area (TPSA) is 61.4 Å². The maximum atomic E-state index is 12.1. The maximum Gasteiger partial charge on any atom is 0.239 e. The fraction of sp³-hybridized carbons (Fsp3) is 0.636. The molecule has 0 aromatic heterocycles. The number of rotatable bonds is 9. The van der Waals surface area contributed by atoms with E-state index in [1.54, 1.807) is 0 Å². The van der Waals surface area contributed by atoms with E-state index in [-0.39, 0.29) is 18.4 Å². The zero-order valence-electron chi connectivity index (χ0n) is 17.1. The van der Waals surface area contributed by atoms with Crippen molar-refractivity contribution in [1.29, 1.82) is 0 Å². The molecule has 0 heterocycles. The molecule has 0 bridgehead atoms. The Morgan fingerprint density at radius 2 is 1.70 bits per heavy atom. The zero-order chi connectivity index (χ0) is 19.6. The number of nitrogens with one attached hydrogen (secondary N) is 2. The molecule has 0 radical (unpaired) electrons. The van der Waals surface area contributed by atoms with Crippen LogP contribution in [0.2, 0.25) is 0 Å². The standard InChI is InChI=1S/C22H35N3O2/c1-17(2)25(3)16-20-12-8-7-11-19(20)14-23-22(27)15-24-21(26)13-18-9-5-4-6-10-18/h7-8,11-12,17-18H,4-6,9-10,13-16H2,1-3H3,(H,23,27)(H,24,26). The molecule has 1 fully saturated rings. The third kappa shape index (κ3) is 7.71. The fourth-order valence-corrected chi connectivity index (χ4v) is 3.50. The Bertz CT molecular complexity index is 609. The van der Waals surface area contributed by atoms with Gasteiger partial charge in [-0.05, 0) is 50.8 Å². The third-order valence-electron chi connectivity index (χ3n) is 5.54. The molecule has 1 aliphatic rings. The van der Waals surface area contributed by atoms with E-state index in [2.05, 4.69) is 42.5 Å². The summed E-state index contributed by atoms with van der Waals surface area (Å²) in [4.78, 5) is 26.4. The Morgan fingerprint density at radius 3 is 2.37 bits per heavy atom. The van der Waals surface area contributed by atoms with Crippen LogP contribution in [0.25, 0.3) is 0 Å². The van der Waals surface area contributed by atoms with Crippen LogP contribution in [0, 0.1) is 5.92 Å². The number of hydrogen-bond donors (Lipinski definition) is 2. The fourth-order valence-electron chi connectivity index (χ4n) is 3.50. The van der Waals surface area contributed by atoms with E-state index in [9.17, 15) is 9.59 Å². The van der Waals surface area contributed by atoms with Crippen LogP contribution in [0.5, 0.6) is 0 Å². The summed E-state index contributed by atoms with van der Waals surface area (Å²) in [5.74, 6) is 0.349. The molecule has 2 rings (SSSR count). The van der Waals surface area contributed by atoms with Gasteiger partial charge in [-0.25, -0.2) is 0 Å². The van der Waals surface area contributed by atoms with Crippen molar-refractivity contribution < 1.29 is 9.59 Å². The Labute approximate surface area is 163 Å². The quantitative estimate of drug-likeness (QED) is 0.699.